The van der Waals surface area contributed by atoms with Gasteiger partial charge >= 0.3 is 11.9 Å². The topological polar surface area (TPSA) is 111 Å². The lowest BCUT2D eigenvalue weighted by Gasteiger charge is -2.26. The molecule has 0 N–H and O–H groups in total. The number of ether oxygens (including phenoxy) is 4. The van der Waals surface area contributed by atoms with E-state index >= 15 is 0 Å². The summed E-state index contributed by atoms with van der Waals surface area (Å²) in [6.07, 6.45) is 58.5. The number of hydrogen-bond acceptors (Lipinski definition) is 8. The third kappa shape index (κ3) is 53.8. The van der Waals surface area contributed by atoms with Gasteiger partial charge in [0.05, 0.1) is 40.3 Å². The van der Waals surface area contributed by atoms with E-state index in [-0.39, 0.29) is 32.2 Å². The predicted octanol–water partition coefficient (Wildman–Crippen LogP) is 16.4. The lowest BCUT2D eigenvalue weighted by atomic mass is 10.0. The zero-order valence-corrected chi connectivity index (χ0v) is 47.2. The smallest absolute Gasteiger partial charge is 0.306 e. The summed E-state index contributed by atoms with van der Waals surface area (Å²) in [5.74, 6) is -2.26. The molecule has 0 fully saturated rings. The van der Waals surface area contributed by atoms with Gasteiger partial charge in [-0.05, 0) is 38.5 Å². The molecular weight excluding hydrogens is 875 g/mol. The second kappa shape index (κ2) is 53.3. The number of aliphatic carboxylic acids is 1. The summed E-state index contributed by atoms with van der Waals surface area (Å²) in [4.78, 5) is 37.2. The minimum atomic E-state index is -1.62. The van der Waals surface area contributed by atoms with Crippen LogP contribution in [0, 0.1) is 0 Å². The van der Waals surface area contributed by atoms with E-state index in [1.807, 2.05) is 21.1 Å². The Morgan fingerprint density at radius 3 is 1.06 bits per heavy atom. The number of carbonyl (C=O) groups is 3. The molecule has 0 amide bonds. The predicted molar refractivity (Wildman–Crippen MR) is 293 cm³/mol. The molecule has 70 heavy (non-hydrogen) atoms. The third-order valence-corrected chi connectivity index (χ3v) is 13.8. The van der Waals surface area contributed by atoms with Crippen molar-refractivity contribution in [2.24, 2.45) is 0 Å². The number of carboxylic acids is 1. The lowest BCUT2D eigenvalue weighted by Crippen LogP contribution is -2.44. The number of rotatable bonds is 57. The molecule has 0 saturated heterocycles. The first-order valence-corrected chi connectivity index (χ1v) is 30.3. The first kappa shape index (κ1) is 68.0. The lowest BCUT2D eigenvalue weighted by molar-refractivity contribution is -0.870. The van der Waals surface area contributed by atoms with Gasteiger partial charge in [0.15, 0.2) is 12.4 Å². The minimum absolute atomic E-state index is 0.152. The van der Waals surface area contributed by atoms with Crippen molar-refractivity contribution in [3.8, 4) is 0 Å². The fourth-order valence-corrected chi connectivity index (χ4v) is 9.06. The van der Waals surface area contributed by atoms with Crippen molar-refractivity contribution >= 4 is 17.9 Å². The molecule has 0 spiro atoms. The quantitative estimate of drug-likeness (QED) is 0.0195. The van der Waals surface area contributed by atoms with Crippen LogP contribution in [0.4, 0.5) is 0 Å². The molecule has 0 rings (SSSR count). The van der Waals surface area contributed by atoms with E-state index in [4.69, 9.17) is 18.9 Å². The molecule has 0 radical (unpaired) electrons. The number of hydrogen-bond donors (Lipinski definition) is 0. The van der Waals surface area contributed by atoms with Crippen LogP contribution in [-0.2, 0) is 33.3 Å². The van der Waals surface area contributed by atoms with Crippen LogP contribution in [0.15, 0.2) is 12.2 Å². The van der Waals surface area contributed by atoms with E-state index in [2.05, 4.69) is 26.0 Å². The second-order valence-electron chi connectivity index (χ2n) is 22.0. The molecule has 0 aliphatic heterocycles. The van der Waals surface area contributed by atoms with Crippen molar-refractivity contribution in [2.75, 3.05) is 47.5 Å². The van der Waals surface area contributed by atoms with Gasteiger partial charge in [-0.15, -0.1) is 0 Å². The molecular formula is C61H117NO8. The Labute approximate surface area is 434 Å². The SMILES string of the molecule is CCCCCCCCCC/C=C\CCCCCCCCCCCCCCCCCCCCCC(=O)OC(COC(=O)CCCCCCCCCCCCCCCC)COC(OCC[N+](C)(C)C)C(=O)[O-]. The standard InChI is InChI=1S/C61H117NO8/c1-6-8-10-12-14-16-18-20-22-23-24-25-26-27-28-29-30-31-32-33-34-35-36-37-38-40-42-44-46-48-50-52-59(64)70-57(56-69-61(60(65)66)67-54-53-62(3,4)5)55-68-58(63)51-49-47-45-43-41-39-21-19-17-15-13-11-9-7-2/h23-24,57,61H,6-22,25-56H2,1-5H3/b24-23-. The van der Waals surface area contributed by atoms with E-state index in [0.717, 1.165) is 38.5 Å². The Bertz CT molecular complexity index is 1150. The molecule has 0 bridgehead atoms. The van der Waals surface area contributed by atoms with Gasteiger partial charge in [-0.3, -0.25) is 9.59 Å². The van der Waals surface area contributed by atoms with E-state index in [0.29, 0.717) is 17.4 Å². The fraction of sp³-hybridized carbons (Fsp3) is 0.918. The Kier molecular flexibility index (Phi) is 51.8. The average Bonchev–Trinajstić information content (AvgIpc) is 3.33. The van der Waals surface area contributed by atoms with Crippen LogP contribution in [-0.4, -0.2) is 82.3 Å². The maximum absolute atomic E-state index is 12.9. The molecule has 0 saturated carbocycles. The largest absolute Gasteiger partial charge is 0.545 e. The second-order valence-corrected chi connectivity index (χ2v) is 22.0. The zero-order chi connectivity index (χ0) is 51.3. The van der Waals surface area contributed by atoms with Gasteiger partial charge in [-0.25, -0.2) is 0 Å². The molecule has 0 aliphatic carbocycles. The Morgan fingerprint density at radius 1 is 0.414 bits per heavy atom. The average molecular weight is 993 g/mol. The number of likely N-dealkylation sites (N-methyl/N-ethyl adjacent to an activating group) is 1. The van der Waals surface area contributed by atoms with Crippen LogP contribution in [0.2, 0.25) is 0 Å². The van der Waals surface area contributed by atoms with Crippen LogP contribution in [0.5, 0.6) is 0 Å². The number of esters is 2. The summed E-state index contributed by atoms with van der Waals surface area (Å²) >= 11 is 0. The highest BCUT2D eigenvalue weighted by atomic mass is 16.7. The number of allylic oxidation sites excluding steroid dienone is 2. The van der Waals surface area contributed by atoms with Crippen LogP contribution >= 0.6 is 0 Å². The Balaban J connectivity index is 4.06. The van der Waals surface area contributed by atoms with Crippen LogP contribution in [0.25, 0.3) is 0 Å². The monoisotopic (exact) mass is 992 g/mol. The molecule has 0 heterocycles. The van der Waals surface area contributed by atoms with Crippen molar-refractivity contribution in [3.05, 3.63) is 12.2 Å². The van der Waals surface area contributed by atoms with Crippen molar-refractivity contribution < 1.29 is 42.9 Å². The minimum Gasteiger partial charge on any atom is -0.545 e. The summed E-state index contributed by atoms with van der Waals surface area (Å²) in [6.45, 7) is 4.80. The first-order chi connectivity index (χ1) is 34.1. The van der Waals surface area contributed by atoms with Crippen LogP contribution < -0.4 is 5.11 Å². The number of quaternary nitrogens is 1. The van der Waals surface area contributed by atoms with Crippen molar-refractivity contribution in [1.82, 2.24) is 0 Å². The molecule has 2 unspecified atom stereocenters. The highest BCUT2D eigenvalue weighted by Crippen LogP contribution is 2.18. The highest BCUT2D eigenvalue weighted by molar-refractivity contribution is 5.70. The molecule has 0 aromatic rings. The fourth-order valence-electron chi connectivity index (χ4n) is 9.06. The van der Waals surface area contributed by atoms with Crippen LogP contribution in [0.1, 0.15) is 303 Å². The summed E-state index contributed by atoms with van der Waals surface area (Å²) in [5, 5.41) is 11.8. The number of unbranched alkanes of at least 4 members (excludes halogenated alkanes) is 40. The Hall–Kier alpha value is -1.97. The van der Waals surface area contributed by atoms with Crippen molar-refractivity contribution in [2.45, 2.75) is 315 Å². The van der Waals surface area contributed by atoms with Gasteiger partial charge in [0.2, 0.25) is 0 Å². The van der Waals surface area contributed by atoms with Gasteiger partial charge in [0.1, 0.15) is 13.2 Å². The van der Waals surface area contributed by atoms with Crippen molar-refractivity contribution in [1.29, 1.82) is 0 Å². The highest BCUT2D eigenvalue weighted by Gasteiger charge is 2.22. The third-order valence-electron chi connectivity index (χ3n) is 13.8. The van der Waals surface area contributed by atoms with Gasteiger partial charge in [-0.2, -0.15) is 0 Å². The molecule has 2 atom stereocenters. The van der Waals surface area contributed by atoms with Gasteiger partial charge in [0, 0.05) is 12.8 Å². The number of carbonyl (C=O) groups excluding carboxylic acids is 3. The molecule has 414 valence electrons. The molecule has 0 aliphatic rings. The first-order valence-electron chi connectivity index (χ1n) is 30.3. The number of carboxylic acid groups (broad SMARTS) is 1. The maximum Gasteiger partial charge on any atom is 0.306 e. The molecule has 0 aromatic carbocycles. The van der Waals surface area contributed by atoms with Crippen LogP contribution in [0.3, 0.4) is 0 Å². The number of nitrogens with zero attached hydrogens (tertiary/aromatic N) is 1. The summed E-state index contributed by atoms with van der Waals surface area (Å²) in [5.41, 5.74) is 0. The maximum atomic E-state index is 12.9. The normalized spacial score (nSPS) is 12.8. The summed E-state index contributed by atoms with van der Waals surface area (Å²) in [6, 6.07) is 0. The van der Waals surface area contributed by atoms with E-state index in [1.54, 1.807) is 0 Å². The Morgan fingerprint density at radius 2 is 0.729 bits per heavy atom. The summed E-state index contributed by atoms with van der Waals surface area (Å²) < 4.78 is 22.7. The van der Waals surface area contributed by atoms with E-state index in [1.165, 1.54) is 238 Å². The van der Waals surface area contributed by atoms with E-state index < -0.39 is 24.3 Å². The van der Waals surface area contributed by atoms with Gasteiger partial charge in [-0.1, -0.05) is 264 Å². The van der Waals surface area contributed by atoms with Gasteiger partial charge in [0.25, 0.3) is 0 Å². The van der Waals surface area contributed by atoms with Crippen molar-refractivity contribution in [3.63, 3.8) is 0 Å². The van der Waals surface area contributed by atoms with E-state index in [9.17, 15) is 19.5 Å². The molecule has 9 heteroatoms. The summed E-state index contributed by atoms with van der Waals surface area (Å²) in [7, 11) is 5.93. The van der Waals surface area contributed by atoms with Gasteiger partial charge < -0.3 is 33.3 Å². The molecule has 0 aromatic heterocycles. The zero-order valence-electron chi connectivity index (χ0n) is 47.2. The molecule has 9 nitrogen and oxygen atoms in total.